The molecule has 3 rings (SSSR count). The summed E-state index contributed by atoms with van der Waals surface area (Å²) in [5, 5.41) is 10.6. The Bertz CT molecular complexity index is 412. The Kier molecular flexibility index (Phi) is 2.63. The minimum Gasteiger partial charge on any atom is -0.433 e. The van der Waals surface area contributed by atoms with Gasteiger partial charge in [-0.15, -0.1) is 0 Å². The van der Waals surface area contributed by atoms with Crippen LogP contribution in [0.5, 0.6) is 0 Å². The Balaban J connectivity index is 1.98. The van der Waals surface area contributed by atoms with Gasteiger partial charge in [-0.1, -0.05) is 13.8 Å². The van der Waals surface area contributed by atoms with E-state index in [1.807, 2.05) is 20.8 Å². The third-order valence-corrected chi connectivity index (χ3v) is 6.19. The molecule has 1 N–H and O–H groups in total. The van der Waals surface area contributed by atoms with Crippen molar-refractivity contribution in [1.82, 2.24) is 0 Å². The first-order chi connectivity index (χ1) is 8.56. The minimum atomic E-state index is -0.903. The molecule has 0 aromatic heterocycles. The zero-order valence-electron chi connectivity index (χ0n) is 12.8. The van der Waals surface area contributed by atoms with Gasteiger partial charge in [0.15, 0.2) is 0 Å². The van der Waals surface area contributed by atoms with Crippen LogP contribution in [0.4, 0.5) is 0 Å². The minimum absolute atomic E-state index is 0.167. The van der Waals surface area contributed by atoms with Gasteiger partial charge in [0.1, 0.15) is 0 Å². The van der Waals surface area contributed by atoms with Crippen LogP contribution in [0.2, 0.25) is 0 Å². The molecule has 0 radical (unpaired) electrons. The van der Waals surface area contributed by atoms with Gasteiger partial charge in [0.2, 0.25) is 0 Å². The fourth-order valence-corrected chi connectivity index (χ4v) is 4.12. The van der Waals surface area contributed by atoms with E-state index in [0.29, 0.717) is 7.37 Å². The second-order valence-electron chi connectivity index (χ2n) is 7.52. The Morgan fingerprint density at radius 2 is 1.84 bits per heavy atom. The van der Waals surface area contributed by atoms with Crippen molar-refractivity contribution in [2.75, 3.05) is 0 Å². The van der Waals surface area contributed by atoms with Crippen LogP contribution in [0.3, 0.4) is 0 Å². The molecule has 2 heterocycles. The van der Waals surface area contributed by atoms with Gasteiger partial charge in [-0.2, -0.15) is 0 Å². The molecule has 106 valence electrons. The number of rotatable bonds is 1. The van der Waals surface area contributed by atoms with Crippen molar-refractivity contribution in [2.24, 2.45) is 11.8 Å². The number of hydrogen-bond donors (Lipinski definition) is 1. The molecule has 2 saturated heterocycles. The Morgan fingerprint density at radius 3 is 2.42 bits per heavy atom. The van der Waals surface area contributed by atoms with E-state index in [9.17, 15) is 5.11 Å². The summed E-state index contributed by atoms with van der Waals surface area (Å²) in [4.78, 5) is 0. The quantitative estimate of drug-likeness (QED) is 0.722. The number of fused-ring (bicyclic) bond motifs is 1. The highest BCUT2D eigenvalue weighted by molar-refractivity contribution is 7.03. The highest BCUT2D eigenvalue weighted by atomic mass is 16.7. The Labute approximate surface area is 116 Å². The first-order valence-electron chi connectivity index (χ1n) is 7.28. The first kappa shape index (κ1) is 13.9. The molecular weight excluding hydrogens is 242 g/mol. The monoisotopic (exact) mass is 266 g/mol. The van der Waals surface area contributed by atoms with E-state index in [1.54, 1.807) is 0 Å². The molecule has 0 aromatic rings. The van der Waals surface area contributed by atoms with Gasteiger partial charge in [-0.3, -0.25) is 0 Å². The molecule has 3 fully saturated rings. The van der Waals surface area contributed by atoms with Crippen LogP contribution in [-0.4, -0.2) is 41.9 Å². The van der Waals surface area contributed by atoms with Gasteiger partial charge in [0, 0.05) is 6.42 Å². The van der Waals surface area contributed by atoms with Crippen LogP contribution < -0.4 is 0 Å². The van der Waals surface area contributed by atoms with E-state index < -0.39 is 11.2 Å². The summed E-state index contributed by atoms with van der Waals surface area (Å²) in [6.07, 6.45) is 0.948. The van der Waals surface area contributed by atoms with Crippen LogP contribution in [0, 0.1) is 11.8 Å². The Hall–Kier alpha value is -0.0301. The van der Waals surface area contributed by atoms with E-state index in [-0.39, 0.29) is 30.0 Å². The molecule has 2 aliphatic heterocycles. The summed E-state index contributed by atoms with van der Waals surface area (Å²) in [5.74, 6) is 0.455. The maximum atomic E-state index is 10.6. The summed E-state index contributed by atoms with van der Waals surface area (Å²) >= 11 is 0. The fourth-order valence-electron chi connectivity index (χ4n) is 4.12. The average molecular weight is 266 g/mol. The zero-order valence-corrected chi connectivity index (χ0v) is 12.8. The van der Waals surface area contributed by atoms with Gasteiger partial charge in [-0.05, 0) is 39.5 Å². The number of aliphatic hydroxyl groups is 1. The molecule has 3 aliphatic rings. The molecule has 4 nitrogen and oxygen atoms in total. The molecule has 0 amide bonds. The van der Waals surface area contributed by atoms with Crippen molar-refractivity contribution in [3.63, 3.8) is 0 Å². The second kappa shape index (κ2) is 3.59. The predicted molar refractivity (Wildman–Crippen MR) is 74.9 cm³/mol. The maximum Gasteiger partial charge on any atom is 0.441 e. The summed E-state index contributed by atoms with van der Waals surface area (Å²) < 4.78 is 18.2. The van der Waals surface area contributed by atoms with Gasteiger partial charge in [0.05, 0.1) is 22.4 Å². The van der Waals surface area contributed by atoms with Gasteiger partial charge < -0.3 is 19.1 Å². The molecule has 19 heavy (non-hydrogen) atoms. The molecular formula is C13H24B2O4. The van der Waals surface area contributed by atoms with E-state index in [4.69, 9.17) is 14.0 Å². The van der Waals surface area contributed by atoms with Crippen LogP contribution in [0.1, 0.15) is 48.0 Å². The van der Waals surface area contributed by atoms with Gasteiger partial charge in [-0.25, -0.2) is 0 Å². The fraction of sp³-hybridized carbons (Fsp3) is 1.00. The van der Waals surface area contributed by atoms with Crippen molar-refractivity contribution in [1.29, 1.82) is 0 Å². The van der Waals surface area contributed by atoms with Crippen molar-refractivity contribution in [2.45, 2.75) is 70.4 Å². The average Bonchev–Trinajstić information content (AvgIpc) is 2.76. The lowest BCUT2D eigenvalue weighted by molar-refractivity contribution is -0.153. The van der Waals surface area contributed by atoms with Crippen LogP contribution >= 0.6 is 0 Å². The Morgan fingerprint density at radius 1 is 1.21 bits per heavy atom. The van der Waals surface area contributed by atoms with E-state index in [2.05, 4.69) is 20.8 Å². The van der Waals surface area contributed by atoms with E-state index >= 15 is 0 Å². The lowest BCUT2D eigenvalue weighted by atomic mass is 9.54. The zero-order chi connectivity index (χ0) is 14.3. The molecule has 1 saturated carbocycles. The molecule has 6 heteroatoms. The van der Waals surface area contributed by atoms with Crippen molar-refractivity contribution in [3.05, 3.63) is 0 Å². The first-order valence-corrected chi connectivity index (χ1v) is 7.28. The molecule has 5 atom stereocenters. The highest BCUT2D eigenvalue weighted by Crippen LogP contribution is 2.65. The van der Waals surface area contributed by atoms with E-state index in [1.165, 1.54) is 0 Å². The summed E-state index contributed by atoms with van der Waals surface area (Å²) in [5.41, 5.74) is -1.86. The third kappa shape index (κ3) is 1.57. The molecule has 1 aliphatic carbocycles. The SMILES string of the molecule is CC1C(C)C23CC2(C)OB(BOC1(C)C(C)(C)O)O3. The third-order valence-electron chi connectivity index (χ3n) is 6.19. The van der Waals surface area contributed by atoms with Crippen LogP contribution in [0.25, 0.3) is 0 Å². The lowest BCUT2D eigenvalue weighted by Gasteiger charge is -2.49. The molecule has 5 unspecified atom stereocenters. The lowest BCUT2D eigenvalue weighted by Crippen LogP contribution is -2.60. The van der Waals surface area contributed by atoms with Gasteiger partial charge >= 0.3 is 14.4 Å². The van der Waals surface area contributed by atoms with Crippen molar-refractivity contribution in [3.8, 4) is 0 Å². The second-order valence-corrected chi connectivity index (χ2v) is 7.52. The van der Waals surface area contributed by atoms with Crippen molar-refractivity contribution >= 4 is 14.4 Å². The predicted octanol–water partition coefficient (Wildman–Crippen LogP) is 1.10. The highest BCUT2D eigenvalue weighted by Gasteiger charge is 2.77. The van der Waals surface area contributed by atoms with E-state index in [0.717, 1.165) is 6.42 Å². The molecule has 2 bridgehead atoms. The summed E-state index contributed by atoms with van der Waals surface area (Å²) in [6, 6.07) is 0. The van der Waals surface area contributed by atoms with Crippen LogP contribution in [-0.2, 0) is 14.0 Å². The smallest absolute Gasteiger partial charge is 0.433 e. The van der Waals surface area contributed by atoms with Crippen molar-refractivity contribution < 1.29 is 19.1 Å². The van der Waals surface area contributed by atoms with Gasteiger partial charge in [0.25, 0.3) is 0 Å². The largest absolute Gasteiger partial charge is 0.441 e. The standard InChI is InChI=1S/C13H24B2O4/c1-8-9(2)13-7-11(13,5)18-15(19-13)14-17-12(8,6)10(3,4)16/h8-9,14,16H,7H2,1-6H3. The normalized spacial score (nSPS) is 53.1. The molecule has 0 aromatic carbocycles. The van der Waals surface area contributed by atoms with Crippen LogP contribution in [0.15, 0.2) is 0 Å². The summed E-state index contributed by atoms with van der Waals surface area (Å²) in [6.45, 7) is 12.1. The number of hydrogen-bond acceptors (Lipinski definition) is 4. The maximum absolute atomic E-state index is 10.6. The summed E-state index contributed by atoms with van der Waals surface area (Å²) in [7, 11) is 0.0879. The molecule has 1 spiro atoms. The topological polar surface area (TPSA) is 47.9 Å².